The van der Waals surface area contributed by atoms with Gasteiger partial charge in [-0.3, -0.25) is 4.79 Å². The third-order valence-electron chi connectivity index (χ3n) is 4.01. The molecule has 1 aromatic carbocycles. The molecule has 2 rings (SSSR count). The summed E-state index contributed by atoms with van der Waals surface area (Å²) in [5, 5.41) is 9.40. The average molecular weight is 321 g/mol. The van der Waals surface area contributed by atoms with Crippen LogP contribution >= 0.6 is 11.8 Å². The normalized spacial score (nSPS) is 18.6. The van der Waals surface area contributed by atoms with Gasteiger partial charge < -0.3 is 10.0 Å². The molecule has 120 valence electrons. The maximum Gasteiger partial charge on any atom is 0.331 e. The van der Waals surface area contributed by atoms with Crippen LogP contribution in [-0.2, 0) is 16.0 Å². The van der Waals surface area contributed by atoms with Crippen molar-refractivity contribution in [2.75, 3.05) is 12.3 Å². The molecule has 1 aliphatic rings. The number of benzene rings is 1. The molecule has 4 nitrogen and oxygen atoms in total. The fourth-order valence-corrected chi connectivity index (χ4v) is 3.87. The van der Waals surface area contributed by atoms with Crippen molar-refractivity contribution in [2.45, 2.75) is 44.4 Å². The number of hydrogen-bond donors (Lipinski definition) is 1. The Balaban J connectivity index is 2.16. The molecule has 0 aromatic heterocycles. The molecule has 0 saturated carbocycles. The van der Waals surface area contributed by atoms with E-state index in [0.717, 1.165) is 36.1 Å². The first-order valence-corrected chi connectivity index (χ1v) is 8.83. The van der Waals surface area contributed by atoms with Gasteiger partial charge >= 0.3 is 5.97 Å². The summed E-state index contributed by atoms with van der Waals surface area (Å²) >= 11 is 1.61. The van der Waals surface area contributed by atoms with E-state index in [2.05, 4.69) is 6.92 Å². The predicted molar refractivity (Wildman–Crippen MR) is 89.1 cm³/mol. The van der Waals surface area contributed by atoms with Gasteiger partial charge in [0, 0.05) is 6.54 Å². The Hall–Kier alpha value is -1.49. The second-order valence-corrected chi connectivity index (χ2v) is 7.04. The summed E-state index contributed by atoms with van der Waals surface area (Å²) in [6.45, 7) is 4.47. The number of thioether (sulfide) groups is 1. The second kappa shape index (κ2) is 7.68. The minimum absolute atomic E-state index is 0.0667. The van der Waals surface area contributed by atoms with Gasteiger partial charge in [0.05, 0.1) is 5.25 Å². The molecule has 0 fully saturated rings. The van der Waals surface area contributed by atoms with Gasteiger partial charge in [-0.15, -0.1) is 11.8 Å². The summed E-state index contributed by atoms with van der Waals surface area (Å²) in [6, 6.07) is 6.67. The highest BCUT2D eigenvalue weighted by atomic mass is 32.2. The minimum atomic E-state index is -0.953. The minimum Gasteiger partial charge on any atom is -0.479 e. The average Bonchev–Trinajstić information content (AvgIpc) is 2.52. The summed E-state index contributed by atoms with van der Waals surface area (Å²) in [7, 11) is 0. The van der Waals surface area contributed by atoms with Gasteiger partial charge in [-0.1, -0.05) is 37.6 Å². The third kappa shape index (κ3) is 3.64. The van der Waals surface area contributed by atoms with Crippen LogP contribution in [0.3, 0.4) is 0 Å². The molecular formula is C17H23NO3S. The first kappa shape index (κ1) is 16.9. The van der Waals surface area contributed by atoms with Crippen LogP contribution in [0.5, 0.6) is 0 Å². The molecule has 0 spiro atoms. The summed E-state index contributed by atoms with van der Waals surface area (Å²) in [4.78, 5) is 25.9. The van der Waals surface area contributed by atoms with Crippen molar-refractivity contribution in [1.29, 1.82) is 0 Å². The molecule has 1 amide bonds. The second-order valence-electron chi connectivity index (χ2n) is 5.59. The SMILES string of the molecule is CCCCSC(C)C(=O)N1CCc2ccccc2C1C(=O)O. The van der Waals surface area contributed by atoms with Crippen LogP contribution in [0.1, 0.15) is 43.9 Å². The molecular weight excluding hydrogens is 298 g/mol. The topological polar surface area (TPSA) is 57.6 Å². The number of aliphatic carboxylic acids is 1. The Kier molecular flexibility index (Phi) is 5.89. The molecule has 0 saturated heterocycles. The van der Waals surface area contributed by atoms with Crippen molar-refractivity contribution < 1.29 is 14.7 Å². The zero-order valence-electron chi connectivity index (χ0n) is 13.1. The molecule has 2 atom stereocenters. The highest BCUT2D eigenvalue weighted by Gasteiger charge is 2.37. The van der Waals surface area contributed by atoms with Gasteiger partial charge in [0.15, 0.2) is 6.04 Å². The van der Waals surface area contributed by atoms with Crippen LogP contribution in [-0.4, -0.2) is 39.4 Å². The number of rotatable bonds is 6. The maximum absolute atomic E-state index is 12.7. The molecule has 5 heteroatoms. The van der Waals surface area contributed by atoms with Crippen molar-refractivity contribution in [3.63, 3.8) is 0 Å². The number of carbonyl (C=O) groups excluding carboxylic acids is 1. The first-order chi connectivity index (χ1) is 10.6. The van der Waals surface area contributed by atoms with E-state index in [4.69, 9.17) is 0 Å². The van der Waals surface area contributed by atoms with E-state index < -0.39 is 12.0 Å². The van der Waals surface area contributed by atoms with Crippen molar-refractivity contribution in [3.8, 4) is 0 Å². The maximum atomic E-state index is 12.7. The smallest absolute Gasteiger partial charge is 0.331 e. The molecule has 0 bridgehead atoms. The summed E-state index contributed by atoms with van der Waals surface area (Å²) in [5.74, 6) is -0.0831. The number of unbranched alkanes of at least 4 members (excludes halogenated alkanes) is 1. The fraction of sp³-hybridized carbons (Fsp3) is 0.529. The Bertz CT molecular complexity index is 546. The highest BCUT2D eigenvalue weighted by Crippen LogP contribution is 2.31. The number of carbonyl (C=O) groups is 2. The van der Waals surface area contributed by atoms with Crippen LogP contribution in [0.2, 0.25) is 0 Å². The molecule has 0 aliphatic carbocycles. The Morgan fingerprint density at radius 1 is 1.41 bits per heavy atom. The van der Waals surface area contributed by atoms with E-state index in [1.54, 1.807) is 11.8 Å². The van der Waals surface area contributed by atoms with Crippen molar-refractivity contribution in [1.82, 2.24) is 4.90 Å². The zero-order chi connectivity index (χ0) is 16.1. The quantitative estimate of drug-likeness (QED) is 0.818. The van der Waals surface area contributed by atoms with E-state index in [1.165, 1.54) is 4.90 Å². The number of fused-ring (bicyclic) bond motifs is 1. The van der Waals surface area contributed by atoms with E-state index >= 15 is 0 Å². The van der Waals surface area contributed by atoms with Crippen molar-refractivity contribution in [2.24, 2.45) is 0 Å². The van der Waals surface area contributed by atoms with E-state index in [9.17, 15) is 14.7 Å². The standard InChI is InChI=1S/C17H23NO3S/c1-3-4-11-22-12(2)16(19)18-10-9-13-7-5-6-8-14(13)15(18)17(20)21/h5-8,12,15H,3-4,9-11H2,1-2H3,(H,20,21). The lowest BCUT2D eigenvalue weighted by Crippen LogP contribution is -2.46. The summed E-state index contributed by atoms with van der Waals surface area (Å²) < 4.78 is 0. The van der Waals surface area contributed by atoms with E-state index in [1.807, 2.05) is 31.2 Å². The predicted octanol–water partition coefficient (Wildman–Crippen LogP) is 3.12. The van der Waals surface area contributed by atoms with Crippen LogP contribution in [0, 0.1) is 0 Å². The number of nitrogens with zero attached hydrogens (tertiary/aromatic N) is 1. The Morgan fingerprint density at radius 2 is 2.14 bits per heavy atom. The van der Waals surface area contributed by atoms with Crippen molar-refractivity contribution in [3.05, 3.63) is 35.4 Å². The number of carboxylic acids is 1. The molecule has 22 heavy (non-hydrogen) atoms. The lowest BCUT2D eigenvalue weighted by Gasteiger charge is -2.36. The molecule has 1 aromatic rings. The first-order valence-electron chi connectivity index (χ1n) is 7.79. The molecule has 1 heterocycles. The fourth-order valence-electron chi connectivity index (χ4n) is 2.78. The van der Waals surface area contributed by atoms with E-state index in [-0.39, 0.29) is 11.2 Å². The molecule has 2 unspecified atom stereocenters. The lowest BCUT2D eigenvalue weighted by atomic mass is 9.92. The monoisotopic (exact) mass is 321 g/mol. The Morgan fingerprint density at radius 3 is 2.82 bits per heavy atom. The highest BCUT2D eigenvalue weighted by molar-refractivity contribution is 8.00. The Labute approximate surface area is 135 Å². The van der Waals surface area contributed by atoms with Gasteiger partial charge in [-0.05, 0) is 36.6 Å². The van der Waals surface area contributed by atoms with E-state index in [0.29, 0.717) is 6.54 Å². The number of amides is 1. The van der Waals surface area contributed by atoms with Gasteiger partial charge in [-0.2, -0.15) is 0 Å². The lowest BCUT2D eigenvalue weighted by molar-refractivity contribution is -0.150. The van der Waals surface area contributed by atoms with Crippen molar-refractivity contribution >= 4 is 23.6 Å². The van der Waals surface area contributed by atoms with Crippen LogP contribution < -0.4 is 0 Å². The summed E-state index contributed by atoms with van der Waals surface area (Å²) in [6.07, 6.45) is 2.90. The number of hydrogen-bond acceptors (Lipinski definition) is 3. The van der Waals surface area contributed by atoms with Gasteiger partial charge in [0.1, 0.15) is 0 Å². The molecule has 1 N–H and O–H groups in total. The molecule has 0 radical (unpaired) electrons. The van der Waals surface area contributed by atoms with Crippen LogP contribution in [0.15, 0.2) is 24.3 Å². The third-order valence-corrected chi connectivity index (χ3v) is 5.24. The van der Waals surface area contributed by atoms with Gasteiger partial charge in [0.2, 0.25) is 5.91 Å². The summed E-state index contributed by atoms with van der Waals surface area (Å²) in [5.41, 5.74) is 1.78. The molecule has 1 aliphatic heterocycles. The van der Waals surface area contributed by atoms with Crippen LogP contribution in [0.25, 0.3) is 0 Å². The number of carboxylic acid groups (broad SMARTS) is 1. The van der Waals surface area contributed by atoms with Gasteiger partial charge in [-0.25, -0.2) is 4.79 Å². The van der Waals surface area contributed by atoms with Gasteiger partial charge in [0.25, 0.3) is 0 Å². The largest absolute Gasteiger partial charge is 0.479 e. The zero-order valence-corrected chi connectivity index (χ0v) is 13.9. The van der Waals surface area contributed by atoms with Crippen LogP contribution in [0.4, 0.5) is 0 Å².